The Hall–Kier alpha value is -1.03. The van der Waals surface area contributed by atoms with Crippen molar-refractivity contribution in [1.82, 2.24) is 14.5 Å². The fraction of sp³-hybridized carbons (Fsp3) is 0.786. The second-order valence-corrected chi connectivity index (χ2v) is 5.28. The lowest BCUT2D eigenvalue weighted by molar-refractivity contribution is 0.330. The van der Waals surface area contributed by atoms with Crippen molar-refractivity contribution in [1.29, 1.82) is 0 Å². The Labute approximate surface area is 110 Å². The van der Waals surface area contributed by atoms with Crippen LogP contribution in [0.15, 0.2) is 17.2 Å². The van der Waals surface area contributed by atoms with Crippen LogP contribution in [-0.4, -0.2) is 21.7 Å². The van der Waals surface area contributed by atoms with E-state index in [1.807, 2.05) is 30.8 Å². The van der Waals surface area contributed by atoms with Gasteiger partial charge in [-0.25, -0.2) is 4.79 Å². The Morgan fingerprint density at radius 2 is 1.89 bits per heavy atom. The summed E-state index contributed by atoms with van der Waals surface area (Å²) in [6.07, 6.45) is 4.90. The van der Waals surface area contributed by atoms with Crippen LogP contribution in [0.25, 0.3) is 0 Å². The normalized spacial score (nSPS) is 15.0. The molecule has 0 aliphatic heterocycles. The van der Waals surface area contributed by atoms with Crippen LogP contribution in [0.1, 0.15) is 47.1 Å². The maximum absolute atomic E-state index is 12.2. The fourth-order valence-electron chi connectivity index (χ4n) is 2.16. The van der Waals surface area contributed by atoms with Gasteiger partial charge in [0.25, 0.3) is 0 Å². The Kier molecular flexibility index (Phi) is 5.66. The van der Waals surface area contributed by atoms with Crippen LogP contribution < -0.4 is 11.0 Å². The number of likely N-dealkylation sites (N-methyl/N-ethyl adjacent to an activating group) is 1. The van der Waals surface area contributed by atoms with E-state index in [9.17, 15) is 4.79 Å². The van der Waals surface area contributed by atoms with Crippen molar-refractivity contribution in [3.05, 3.63) is 22.9 Å². The molecule has 2 atom stereocenters. The average molecular weight is 253 g/mol. The maximum atomic E-state index is 12.2. The van der Waals surface area contributed by atoms with E-state index in [4.69, 9.17) is 0 Å². The smallest absolute Gasteiger partial charge is 0.312 e. The zero-order valence-corrected chi connectivity index (χ0v) is 12.3. The highest BCUT2D eigenvalue weighted by Crippen LogP contribution is 2.09. The van der Waals surface area contributed by atoms with Gasteiger partial charge in [0.05, 0.1) is 0 Å². The molecule has 0 amide bonds. The highest BCUT2D eigenvalue weighted by atomic mass is 16.1. The summed E-state index contributed by atoms with van der Waals surface area (Å²) in [6.45, 7) is 12.3. The first-order chi connectivity index (χ1) is 8.51. The van der Waals surface area contributed by atoms with Gasteiger partial charge in [0.15, 0.2) is 0 Å². The third-order valence-electron chi connectivity index (χ3n) is 3.62. The van der Waals surface area contributed by atoms with Crippen molar-refractivity contribution in [2.24, 2.45) is 5.92 Å². The lowest BCUT2D eigenvalue weighted by atomic mass is 9.99. The highest BCUT2D eigenvalue weighted by Gasteiger charge is 2.17. The third-order valence-corrected chi connectivity index (χ3v) is 3.62. The Balaban J connectivity index is 2.84. The summed E-state index contributed by atoms with van der Waals surface area (Å²) in [6, 6.07) is 0.584. The summed E-state index contributed by atoms with van der Waals surface area (Å²) < 4.78 is 3.60. The molecule has 0 fully saturated rings. The molecule has 4 nitrogen and oxygen atoms in total. The van der Waals surface area contributed by atoms with Crippen molar-refractivity contribution in [3.8, 4) is 0 Å². The minimum atomic E-state index is 0.0937. The van der Waals surface area contributed by atoms with Crippen LogP contribution in [-0.2, 0) is 6.54 Å². The number of imidazole rings is 1. The first kappa shape index (κ1) is 15.0. The predicted molar refractivity (Wildman–Crippen MR) is 76.0 cm³/mol. The average Bonchev–Trinajstić information content (AvgIpc) is 2.69. The fourth-order valence-corrected chi connectivity index (χ4v) is 2.16. The number of aromatic nitrogens is 2. The lowest BCUT2D eigenvalue weighted by Gasteiger charge is -2.23. The van der Waals surface area contributed by atoms with Gasteiger partial charge in [0.2, 0.25) is 0 Å². The molecule has 1 N–H and O–H groups in total. The van der Waals surface area contributed by atoms with Gasteiger partial charge in [-0.3, -0.25) is 9.13 Å². The Bertz CT molecular complexity index is 405. The first-order valence-electron chi connectivity index (χ1n) is 7.01. The molecule has 1 aromatic heterocycles. The van der Waals surface area contributed by atoms with E-state index in [-0.39, 0.29) is 11.7 Å². The summed E-state index contributed by atoms with van der Waals surface area (Å²) in [5.41, 5.74) is 0.0937. The van der Waals surface area contributed by atoms with E-state index in [0.29, 0.717) is 12.0 Å². The second kappa shape index (κ2) is 6.78. The van der Waals surface area contributed by atoms with Crippen LogP contribution in [0.2, 0.25) is 0 Å². The Morgan fingerprint density at radius 1 is 1.22 bits per heavy atom. The number of hydrogen-bond donors (Lipinski definition) is 1. The number of hydrogen-bond acceptors (Lipinski definition) is 2. The van der Waals surface area contributed by atoms with E-state index in [0.717, 1.165) is 19.5 Å². The molecule has 1 aromatic rings. The van der Waals surface area contributed by atoms with Gasteiger partial charge in [0, 0.05) is 31.0 Å². The van der Waals surface area contributed by atoms with E-state index < -0.39 is 0 Å². The number of nitrogens with one attached hydrogen (secondary N) is 1. The van der Waals surface area contributed by atoms with Gasteiger partial charge in [0.1, 0.15) is 0 Å². The van der Waals surface area contributed by atoms with Crippen LogP contribution in [0.3, 0.4) is 0 Å². The van der Waals surface area contributed by atoms with Crippen molar-refractivity contribution >= 4 is 0 Å². The van der Waals surface area contributed by atoms with Crippen LogP contribution in [0.4, 0.5) is 0 Å². The minimum absolute atomic E-state index is 0.0937. The molecule has 104 valence electrons. The molecule has 1 rings (SSSR count). The molecule has 18 heavy (non-hydrogen) atoms. The van der Waals surface area contributed by atoms with Crippen molar-refractivity contribution in [2.75, 3.05) is 6.54 Å². The third kappa shape index (κ3) is 3.48. The SMILES string of the molecule is CCNC(Cn1ccn(C(C)C)c1=O)C(C)CC. The zero-order valence-electron chi connectivity index (χ0n) is 12.3. The van der Waals surface area contributed by atoms with E-state index in [2.05, 4.69) is 26.1 Å². The van der Waals surface area contributed by atoms with Gasteiger partial charge in [-0.05, 0) is 26.3 Å². The molecule has 4 heteroatoms. The summed E-state index contributed by atoms with van der Waals surface area (Å²) in [5, 5.41) is 3.48. The van der Waals surface area contributed by atoms with Crippen molar-refractivity contribution in [3.63, 3.8) is 0 Å². The summed E-state index contributed by atoms with van der Waals surface area (Å²) in [7, 11) is 0. The molecule has 0 aromatic carbocycles. The molecule has 2 unspecified atom stereocenters. The van der Waals surface area contributed by atoms with Crippen molar-refractivity contribution in [2.45, 2.75) is 59.7 Å². The molecule has 0 bridgehead atoms. The molecule has 0 aliphatic carbocycles. The van der Waals surface area contributed by atoms with Gasteiger partial charge < -0.3 is 5.32 Å². The topological polar surface area (TPSA) is 39.0 Å². The molecule has 0 aliphatic rings. The monoisotopic (exact) mass is 253 g/mol. The molecule has 1 heterocycles. The Morgan fingerprint density at radius 3 is 2.33 bits per heavy atom. The largest absolute Gasteiger partial charge is 0.328 e. The van der Waals surface area contributed by atoms with Crippen molar-refractivity contribution < 1.29 is 0 Å². The van der Waals surface area contributed by atoms with Gasteiger partial charge in [-0.15, -0.1) is 0 Å². The molecule has 0 saturated heterocycles. The molecular weight excluding hydrogens is 226 g/mol. The molecular formula is C14H27N3O. The van der Waals surface area contributed by atoms with E-state index >= 15 is 0 Å². The maximum Gasteiger partial charge on any atom is 0.328 e. The summed E-state index contributed by atoms with van der Waals surface area (Å²) in [4.78, 5) is 12.2. The zero-order chi connectivity index (χ0) is 13.7. The molecule has 0 saturated carbocycles. The second-order valence-electron chi connectivity index (χ2n) is 5.28. The standard InChI is InChI=1S/C14H27N3O/c1-6-12(5)13(15-7-2)10-16-8-9-17(11(3)4)14(16)18/h8-9,11-13,15H,6-7,10H2,1-5H3. The first-order valence-corrected chi connectivity index (χ1v) is 7.01. The van der Waals surface area contributed by atoms with Gasteiger partial charge in [-0.1, -0.05) is 27.2 Å². The lowest BCUT2D eigenvalue weighted by Crippen LogP contribution is -2.41. The van der Waals surface area contributed by atoms with E-state index in [1.165, 1.54) is 0 Å². The molecule has 0 radical (unpaired) electrons. The van der Waals surface area contributed by atoms with Gasteiger partial charge in [-0.2, -0.15) is 0 Å². The van der Waals surface area contributed by atoms with Gasteiger partial charge >= 0.3 is 5.69 Å². The molecule has 0 spiro atoms. The quantitative estimate of drug-likeness (QED) is 0.809. The van der Waals surface area contributed by atoms with Crippen LogP contribution >= 0.6 is 0 Å². The van der Waals surface area contributed by atoms with Crippen LogP contribution in [0, 0.1) is 5.92 Å². The van der Waals surface area contributed by atoms with E-state index in [1.54, 1.807) is 4.57 Å². The predicted octanol–water partition coefficient (Wildman–Crippen LogP) is 2.25. The summed E-state index contributed by atoms with van der Waals surface area (Å²) >= 11 is 0. The minimum Gasteiger partial charge on any atom is -0.312 e. The van der Waals surface area contributed by atoms with Crippen LogP contribution in [0.5, 0.6) is 0 Å². The number of rotatable bonds is 7. The highest BCUT2D eigenvalue weighted by molar-refractivity contribution is 4.86. The number of nitrogens with zero attached hydrogens (tertiary/aromatic N) is 2. The summed E-state index contributed by atoms with van der Waals surface area (Å²) in [5.74, 6) is 0.569.